The molecule has 4 bridgehead atoms. The topological polar surface area (TPSA) is 84.5 Å². The number of benzene rings is 1. The van der Waals surface area contributed by atoms with Gasteiger partial charge >= 0.3 is 5.97 Å². The van der Waals surface area contributed by atoms with Crippen molar-refractivity contribution in [3.63, 3.8) is 0 Å². The maximum absolute atomic E-state index is 12.8. The molecule has 28 heavy (non-hydrogen) atoms. The number of carbonyl (C=O) groups excluding carboxylic acids is 3. The van der Waals surface area contributed by atoms with Crippen molar-refractivity contribution in [3.05, 3.63) is 29.8 Å². The highest BCUT2D eigenvalue weighted by atomic mass is 16.5. The van der Waals surface area contributed by atoms with Gasteiger partial charge < -0.3 is 15.4 Å². The molecule has 4 aliphatic carbocycles. The fraction of sp³-hybridized carbons (Fsp3) is 0.591. The third kappa shape index (κ3) is 3.91. The molecule has 4 aliphatic rings. The van der Waals surface area contributed by atoms with Crippen molar-refractivity contribution < 1.29 is 19.1 Å². The number of nitrogens with one attached hydrogen (secondary N) is 2. The summed E-state index contributed by atoms with van der Waals surface area (Å²) in [6, 6.07) is 6.52. The van der Waals surface area contributed by atoms with Crippen molar-refractivity contribution in [2.45, 2.75) is 64.0 Å². The van der Waals surface area contributed by atoms with E-state index in [-0.39, 0.29) is 17.4 Å². The molecule has 2 amide bonds. The molecule has 0 saturated heterocycles. The van der Waals surface area contributed by atoms with Crippen LogP contribution < -0.4 is 10.6 Å². The molecule has 0 unspecified atom stereocenters. The Morgan fingerprint density at radius 1 is 1.07 bits per heavy atom. The molecule has 0 aromatic heterocycles. The van der Waals surface area contributed by atoms with Gasteiger partial charge in [-0.05, 0) is 81.4 Å². The summed E-state index contributed by atoms with van der Waals surface area (Å²) in [5.74, 6) is 1.21. The summed E-state index contributed by atoms with van der Waals surface area (Å²) in [6.07, 6.45) is 6.25. The largest absolute Gasteiger partial charge is 0.449 e. The van der Waals surface area contributed by atoms with Crippen LogP contribution >= 0.6 is 0 Å². The molecule has 0 radical (unpaired) electrons. The molecule has 0 heterocycles. The van der Waals surface area contributed by atoms with Crippen molar-refractivity contribution >= 4 is 23.5 Å². The fourth-order valence-corrected chi connectivity index (χ4v) is 5.84. The molecule has 1 aromatic rings. The number of ether oxygens (including phenoxy) is 1. The lowest BCUT2D eigenvalue weighted by atomic mass is 9.53. The Bertz CT molecular complexity index is 768. The first-order valence-electron chi connectivity index (χ1n) is 10.2. The Labute approximate surface area is 165 Å². The summed E-state index contributed by atoms with van der Waals surface area (Å²) in [6.45, 7) is 3.02. The molecule has 5 rings (SSSR count). The van der Waals surface area contributed by atoms with Gasteiger partial charge in [0.25, 0.3) is 5.91 Å². The molecule has 4 fully saturated rings. The van der Waals surface area contributed by atoms with Gasteiger partial charge in [0.15, 0.2) is 6.10 Å². The predicted octanol–water partition coefficient (Wildman–Crippen LogP) is 3.28. The van der Waals surface area contributed by atoms with Gasteiger partial charge in [0.05, 0.1) is 5.56 Å². The average Bonchev–Trinajstić information content (AvgIpc) is 2.59. The van der Waals surface area contributed by atoms with Crippen LogP contribution in [0.25, 0.3) is 0 Å². The zero-order chi connectivity index (χ0) is 19.9. The van der Waals surface area contributed by atoms with Crippen molar-refractivity contribution in [2.24, 2.45) is 17.8 Å². The minimum atomic E-state index is -0.857. The summed E-state index contributed by atoms with van der Waals surface area (Å²) in [5, 5.41) is 5.88. The number of anilines is 1. The normalized spacial score (nSPS) is 31.1. The van der Waals surface area contributed by atoms with E-state index in [9.17, 15) is 14.4 Å². The standard InChI is InChI=1S/C22H28N2O4/c1-13(28-21(27)18-4-3-5-19(9-18)23-14(2)25)20(26)24-22-10-15-6-16(11-22)8-17(7-15)12-22/h3-5,9,13,15-17H,6-8,10-12H2,1-2H3,(H,23,25)(H,24,26)/t13-,15?,16?,17?,22?/m1/s1. The van der Waals surface area contributed by atoms with E-state index in [1.165, 1.54) is 26.2 Å². The van der Waals surface area contributed by atoms with Gasteiger partial charge in [-0.1, -0.05) is 6.07 Å². The Morgan fingerprint density at radius 3 is 2.25 bits per heavy atom. The molecule has 1 aromatic carbocycles. The lowest BCUT2D eigenvalue weighted by Gasteiger charge is -2.57. The molecule has 6 heteroatoms. The molecule has 0 spiro atoms. The molecular formula is C22H28N2O4. The molecule has 6 nitrogen and oxygen atoms in total. The maximum Gasteiger partial charge on any atom is 0.338 e. The van der Waals surface area contributed by atoms with E-state index in [1.807, 2.05) is 0 Å². The highest BCUT2D eigenvalue weighted by Crippen LogP contribution is 2.55. The number of hydrogen-bond donors (Lipinski definition) is 2. The smallest absolute Gasteiger partial charge is 0.338 e. The summed E-state index contributed by atoms with van der Waals surface area (Å²) < 4.78 is 5.41. The van der Waals surface area contributed by atoms with Crippen molar-refractivity contribution in [1.29, 1.82) is 0 Å². The van der Waals surface area contributed by atoms with E-state index in [0.717, 1.165) is 37.0 Å². The Hall–Kier alpha value is -2.37. The second-order valence-corrected chi connectivity index (χ2v) is 9.00. The molecule has 150 valence electrons. The van der Waals surface area contributed by atoms with E-state index in [2.05, 4.69) is 10.6 Å². The van der Waals surface area contributed by atoms with Crippen molar-refractivity contribution in [3.8, 4) is 0 Å². The first kappa shape index (κ1) is 19.0. The van der Waals surface area contributed by atoms with Crippen LogP contribution in [-0.2, 0) is 14.3 Å². The van der Waals surface area contributed by atoms with Gasteiger partial charge in [0.2, 0.25) is 5.91 Å². The number of rotatable bonds is 5. The minimum Gasteiger partial charge on any atom is -0.449 e. The number of carbonyl (C=O) groups is 3. The number of esters is 1. The fourth-order valence-electron chi connectivity index (χ4n) is 5.84. The van der Waals surface area contributed by atoms with E-state index >= 15 is 0 Å². The van der Waals surface area contributed by atoms with Crippen LogP contribution in [0.4, 0.5) is 5.69 Å². The first-order chi connectivity index (χ1) is 13.3. The SMILES string of the molecule is CC(=O)Nc1cccc(C(=O)O[C@H](C)C(=O)NC23CC4CC(CC(C4)C2)C3)c1. The number of amides is 2. The van der Waals surface area contributed by atoms with E-state index in [4.69, 9.17) is 4.74 Å². The third-order valence-electron chi connectivity index (χ3n) is 6.50. The summed E-state index contributed by atoms with van der Waals surface area (Å²) in [7, 11) is 0. The second-order valence-electron chi connectivity index (χ2n) is 9.00. The Balaban J connectivity index is 1.37. The minimum absolute atomic E-state index is 0.0994. The lowest BCUT2D eigenvalue weighted by molar-refractivity contribution is -0.134. The van der Waals surface area contributed by atoms with Gasteiger partial charge in [0, 0.05) is 18.2 Å². The summed E-state index contributed by atoms with van der Waals surface area (Å²) in [4.78, 5) is 36.4. The van der Waals surface area contributed by atoms with Crippen molar-refractivity contribution in [2.75, 3.05) is 5.32 Å². The van der Waals surface area contributed by atoms with E-state index in [1.54, 1.807) is 31.2 Å². The van der Waals surface area contributed by atoms with Crippen molar-refractivity contribution in [1.82, 2.24) is 5.32 Å². The van der Waals surface area contributed by atoms with Gasteiger partial charge in [-0.3, -0.25) is 9.59 Å². The molecule has 2 N–H and O–H groups in total. The van der Waals surface area contributed by atoms with E-state index in [0.29, 0.717) is 11.3 Å². The van der Waals surface area contributed by atoms with Crippen LogP contribution in [0.15, 0.2) is 24.3 Å². The van der Waals surface area contributed by atoms with Gasteiger partial charge in [-0.15, -0.1) is 0 Å². The first-order valence-corrected chi connectivity index (χ1v) is 10.2. The molecule has 1 atom stereocenters. The van der Waals surface area contributed by atoms with Gasteiger partial charge in [-0.2, -0.15) is 0 Å². The van der Waals surface area contributed by atoms with Crippen LogP contribution in [-0.4, -0.2) is 29.4 Å². The van der Waals surface area contributed by atoms with E-state index < -0.39 is 12.1 Å². The average molecular weight is 384 g/mol. The summed E-state index contributed by atoms with van der Waals surface area (Å²) in [5.41, 5.74) is 0.728. The third-order valence-corrected chi connectivity index (χ3v) is 6.50. The second kappa shape index (κ2) is 7.22. The monoisotopic (exact) mass is 384 g/mol. The number of hydrogen-bond acceptors (Lipinski definition) is 4. The lowest BCUT2D eigenvalue weighted by Crippen LogP contribution is -2.61. The quantitative estimate of drug-likeness (QED) is 0.763. The van der Waals surface area contributed by atoms with Crippen LogP contribution in [0.1, 0.15) is 62.7 Å². The van der Waals surface area contributed by atoms with Gasteiger partial charge in [-0.25, -0.2) is 4.79 Å². The molecule has 4 saturated carbocycles. The molecular weight excluding hydrogens is 356 g/mol. The van der Waals surface area contributed by atoms with Crippen LogP contribution in [0.2, 0.25) is 0 Å². The summed E-state index contributed by atoms with van der Waals surface area (Å²) >= 11 is 0. The Morgan fingerprint density at radius 2 is 1.68 bits per heavy atom. The molecule has 0 aliphatic heterocycles. The highest BCUT2D eigenvalue weighted by molar-refractivity contribution is 5.95. The van der Waals surface area contributed by atoms with Crippen LogP contribution in [0.5, 0.6) is 0 Å². The van der Waals surface area contributed by atoms with Gasteiger partial charge in [0.1, 0.15) is 0 Å². The van der Waals surface area contributed by atoms with Crippen LogP contribution in [0.3, 0.4) is 0 Å². The predicted molar refractivity (Wildman–Crippen MR) is 105 cm³/mol. The maximum atomic E-state index is 12.8. The Kier molecular flexibility index (Phi) is 4.89. The highest BCUT2D eigenvalue weighted by Gasteiger charge is 2.51. The van der Waals surface area contributed by atoms with Crippen LogP contribution in [0, 0.1) is 17.8 Å². The zero-order valence-corrected chi connectivity index (χ0v) is 16.5. The zero-order valence-electron chi connectivity index (χ0n) is 16.5.